The lowest BCUT2D eigenvalue weighted by atomic mass is 10.1. The molecule has 0 aromatic heterocycles. The maximum Gasteiger partial charge on any atom is 0.0626 e. The highest BCUT2D eigenvalue weighted by molar-refractivity contribution is 7.99. The zero-order valence-electron chi connectivity index (χ0n) is 17.1. The van der Waals surface area contributed by atoms with Crippen molar-refractivity contribution in [2.45, 2.75) is 22.6 Å². The van der Waals surface area contributed by atoms with Gasteiger partial charge >= 0.3 is 0 Å². The van der Waals surface area contributed by atoms with Crippen molar-refractivity contribution < 1.29 is 2.74 Å². The fourth-order valence-corrected chi connectivity index (χ4v) is 4.14. The molecular formula is C26H22S. The van der Waals surface area contributed by atoms with Gasteiger partial charge in [-0.15, -0.1) is 0 Å². The smallest absolute Gasteiger partial charge is 0.0626 e. The minimum absolute atomic E-state index is 0.561. The summed E-state index contributed by atoms with van der Waals surface area (Å²) in [6, 6.07) is 33.5. The molecule has 4 aromatic carbocycles. The van der Waals surface area contributed by atoms with Crippen LogP contribution >= 0.6 is 11.8 Å². The Balaban J connectivity index is 1.68. The van der Waals surface area contributed by atoms with Crippen molar-refractivity contribution in [2.24, 2.45) is 0 Å². The van der Waals surface area contributed by atoms with Gasteiger partial charge in [-0.3, -0.25) is 0 Å². The molecule has 4 rings (SSSR count). The Labute approximate surface area is 168 Å². The van der Waals surface area contributed by atoms with Crippen molar-refractivity contribution >= 4 is 11.8 Å². The monoisotopic (exact) mass is 368 g/mol. The van der Waals surface area contributed by atoms with Crippen LogP contribution in [0.25, 0.3) is 0 Å². The number of hydrogen-bond donors (Lipinski definition) is 0. The third-order valence-corrected chi connectivity index (χ3v) is 5.67. The zero-order valence-corrected chi connectivity index (χ0v) is 15.9. The molecule has 0 unspecified atom stereocenters. The maximum atomic E-state index is 8.45. The topological polar surface area (TPSA) is 0 Å². The lowest BCUT2D eigenvalue weighted by Gasteiger charge is -2.13. The Hall–Kier alpha value is -2.77. The van der Waals surface area contributed by atoms with Gasteiger partial charge in [-0.2, -0.15) is 0 Å². The molecule has 4 aromatic rings. The Morgan fingerprint density at radius 3 is 1.37 bits per heavy atom. The standard InChI is InChI=1S/C26H22S/c1-3-11-21(12-4-1)19-23-15-7-9-17-25(23)27-26-18-10-8-16-24(26)20-22-13-5-2-6-14-22/h1-18H,19-20H2/i15D,16D. The van der Waals surface area contributed by atoms with Crippen LogP contribution in [0.1, 0.15) is 25.0 Å². The van der Waals surface area contributed by atoms with Crippen LogP contribution in [-0.4, -0.2) is 0 Å². The van der Waals surface area contributed by atoms with Crippen LogP contribution in [-0.2, 0) is 12.8 Å². The first-order valence-electron chi connectivity index (χ1n) is 10.1. The Kier molecular flexibility index (Phi) is 4.96. The second-order valence-corrected chi connectivity index (χ2v) is 7.54. The molecule has 0 bridgehead atoms. The second-order valence-electron chi connectivity index (χ2n) is 6.45. The average Bonchev–Trinajstić information content (AvgIpc) is 2.74. The van der Waals surface area contributed by atoms with Crippen molar-refractivity contribution in [3.05, 3.63) is 131 Å². The second kappa shape index (κ2) is 8.75. The van der Waals surface area contributed by atoms with E-state index in [-0.39, 0.29) is 0 Å². The lowest BCUT2D eigenvalue weighted by molar-refractivity contribution is 1.11. The van der Waals surface area contributed by atoms with Gasteiger partial charge in [0, 0.05) is 9.79 Å². The summed E-state index contributed by atoms with van der Waals surface area (Å²) in [4.78, 5) is 2.17. The summed E-state index contributed by atoms with van der Waals surface area (Å²) in [5.74, 6) is 0. The van der Waals surface area contributed by atoms with Crippen molar-refractivity contribution in [1.82, 2.24) is 0 Å². The lowest BCUT2D eigenvalue weighted by Crippen LogP contribution is -1.93. The first-order chi connectivity index (χ1) is 14.2. The van der Waals surface area contributed by atoms with Crippen molar-refractivity contribution in [2.75, 3.05) is 0 Å². The summed E-state index contributed by atoms with van der Waals surface area (Å²) in [5, 5.41) is 0. The largest absolute Gasteiger partial charge is 0.0895 e. The van der Waals surface area contributed by atoms with Crippen LogP contribution in [0.15, 0.2) is 119 Å². The normalized spacial score (nSPS) is 11.7. The average molecular weight is 369 g/mol. The zero-order chi connectivity index (χ0) is 20.1. The molecule has 0 aliphatic heterocycles. The summed E-state index contributed by atoms with van der Waals surface area (Å²) in [6.07, 6.45) is 1.47. The quantitative estimate of drug-likeness (QED) is 0.352. The minimum Gasteiger partial charge on any atom is -0.0895 e. The van der Waals surface area contributed by atoms with E-state index in [0.717, 1.165) is 33.8 Å². The molecule has 0 aliphatic rings. The highest BCUT2D eigenvalue weighted by Gasteiger charge is 2.09. The molecule has 132 valence electrons. The van der Waals surface area contributed by atoms with Gasteiger partial charge in [0.25, 0.3) is 0 Å². The molecule has 0 atom stereocenters. The predicted octanol–water partition coefficient (Wildman–Crippen LogP) is 7.02. The third kappa shape index (κ3) is 4.69. The van der Waals surface area contributed by atoms with Crippen LogP contribution < -0.4 is 0 Å². The van der Waals surface area contributed by atoms with Crippen molar-refractivity contribution in [1.29, 1.82) is 0 Å². The molecule has 0 saturated heterocycles. The first kappa shape index (κ1) is 15.3. The Morgan fingerprint density at radius 1 is 0.519 bits per heavy atom. The molecule has 0 aliphatic carbocycles. The van der Waals surface area contributed by atoms with E-state index in [9.17, 15) is 0 Å². The van der Waals surface area contributed by atoms with Crippen molar-refractivity contribution in [3.8, 4) is 0 Å². The van der Waals surface area contributed by atoms with E-state index in [1.807, 2.05) is 60.7 Å². The molecule has 27 heavy (non-hydrogen) atoms. The van der Waals surface area contributed by atoms with Crippen LogP contribution in [0.3, 0.4) is 0 Å². The predicted molar refractivity (Wildman–Crippen MR) is 116 cm³/mol. The highest BCUT2D eigenvalue weighted by Crippen LogP contribution is 2.34. The van der Waals surface area contributed by atoms with E-state index in [2.05, 4.69) is 36.4 Å². The van der Waals surface area contributed by atoms with E-state index < -0.39 is 0 Å². The van der Waals surface area contributed by atoms with Crippen LogP contribution in [0.4, 0.5) is 0 Å². The molecule has 0 spiro atoms. The molecule has 0 amide bonds. The van der Waals surface area contributed by atoms with E-state index in [4.69, 9.17) is 2.74 Å². The summed E-state index contributed by atoms with van der Waals surface area (Å²) >= 11 is 1.67. The fourth-order valence-electron chi connectivity index (χ4n) is 3.10. The van der Waals surface area contributed by atoms with Crippen molar-refractivity contribution in [3.63, 3.8) is 0 Å². The van der Waals surface area contributed by atoms with Gasteiger partial charge < -0.3 is 0 Å². The molecule has 0 saturated carbocycles. The van der Waals surface area contributed by atoms with Crippen LogP contribution in [0.2, 0.25) is 0 Å². The summed E-state index contributed by atoms with van der Waals surface area (Å²) < 4.78 is 16.9. The molecule has 0 nitrogen and oxygen atoms in total. The van der Waals surface area contributed by atoms with Gasteiger partial charge in [0.1, 0.15) is 0 Å². The van der Waals surface area contributed by atoms with Crippen LogP contribution in [0.5, 0.6) is 0 Å². The van der Waals surface area contributed by atoms with E-state index in [1.165, 1.54) is 11.1 Å². The Bertz CT molecular complexity index is 1000. The SMILES string of the molecule is [2H]c1cccc(Sc2cccc([2H])c2Cc2ccccc2)c1Cc1ccccc1. The van der Waals surface area contributed by atoms with Crippen LogP contribution in [0, 0.1) is 0 Å². The number of hydrogen-bond acceptors (Lipinski definition) is 1. The molecule has 1 heteroatoms. The van der Waals surface area contributed by atoms with Gasteiger partial charge in [0.2, 0.25) is 0 Å². The summed E-state index contributed by atoms with van der Waals surface area (Å²) in [7, 11) is 0. The molecule has 0 heterocycles. The summed E-state index contributed by atoms with van der Waals surface area (Å²) in [5.41, 5.74) is 4.47. The van der Waals surface area contributed by atoms with Gasteiger partial charge in [-0.25, -0.2) is 0 Å². The molecular weight excluding hydrogens is 344 g/mol. The van der Waals surface area contributed by atoms with E-state index >= 15 is 0 Å². The van der Waals surface area contributed by atoms with Gasteiger partial charge in [0.15, 0.2) is 0 Å². The van der Waals surface area contributed by atoms with E-state index in [1.54, 1.807) is 11.8 Å². The molecule has 0 radical (unpaired) electrons. The Morgan fingerprint density at radius 2 is 0.926 bits per heavy atom. The van der Waals surface area contributed by atoms with E-state index in [0.29, 0.717) is 12.1 Å². The minimum atomic E-state index is 0.561. The number of benzene rings is 4. The third-order valence-electron chi connectivity index (χ3n) is 4.47. The molecule has 0 fully saturated rings. The fraction of sp³-hybridized carbons (Fsp3) is 0.0769. The molecule has 0 N–H and O–H groups in total. The summed E-state index contributed by atoms with van der Waals surface area (Å²) in [6.45, 7) is 0. The van der Waals surface area contributed by atoms with Gasteiger partial charge in [-0.1, -0.05) is 109 Å². The maximum absolute atomic E-state index is 8.45. The first-order valence-corrected chi connectivity index (χ1v) is 9.95. The highest BCUT2D eigenvalue weighted by atomic mass is 32.2. The number of rotatable bonds is 6. The van der Waals surface area contributed by atoms with Gasteiger partial charge in [-0.05, 0) is 47.2 Å². The van der Waals surface area contributed by atoms with Gasteiger partial charge in [0.05, 0.1) is 2.74 Å².